The van der Waals surface area contributed by atoms with Crippen LogP contribution in [0.25, 0.3) is 0 Å². The van der Waals surface area contributed by atoms with Crippen molar-refractivity contribution < 1.29 is 13.9 Å². The maximum atomic E-state index is 13.3. The molecule has 1 aromatic carbocycles. The molecule has 0 aliphatic rings. The standard InChI is InChI=1S/C12H18BFO2/c1-3-15-12(16-4-2)8-9-5-6-10(13)11(14)7-9/h5-7,12H,3-4,8,13H2,1-2H3. The highest BCUT2D eigenvalue weighted by molar-refractivity contribution is 6.32. The van der Waals surface area contributed by atoms with Crippen LogP contribution < -0.4 is 5.46 Å². The second-order valence-corrected chi connectivity index (χ2v) is 3.63. The number of hydrogen-bond donors (Lipinski definition) is 0. The van der Waals surface area contributed by atoms with Crippen LogP contribution in [0, 0.1) is 5.82 Å². The van der Waals surface area contributed by atoms with Crippen LogP contribution in [0.4, 0.5) is 4.39 Å². The van der Waals surface area contributed by atoms with Gasteiger partial charge in [-0.2, -0.15) is 0 Å². The Morgan fingerprint density at radius 2 is 1.88 bits per heavy atom. The fourth-order valence-corrected chi connectivity index (χ4v) is 1.49. The Bertz CT molecular complexity index is 325. The van der Waals surface area contributed by atoms with Crippen LogP contribution in [-0.2, 0) is 15.9 Å². The number of rotatable bonds is 6. The lowest BCUT2D eigenvalue weighted by Crippen LogP contribution is -2.21. The Morgan fingerprint density at radius 3 is 2.38 bits per heavy atom. The molecule has 0 aromatic heterocycles. The molecule has 0 spiro atoms. The molecule has 0 aliphatic heterocycles. The van der Waals surface area contributed by atoms with E-state index in [1.165, 1.54) is 0 Å². The minimum Gasteiger partial charge on any atom is -0.353 e. The van der Waals surface area contributed by atoms with Gasteiger partial charge in [0.2, 0.25) is 0 Å². The van der Waals surface area contributed by atoms with Crippen LogP contribution in [0.2, 0.25) is 0 Å². The normalized spacial score (nSPS) is 11.0. The highest BCUT2D eigenvalue weighted by atomic mass is 19.1. The van der Waals surface area contributed by atoms with E-state index in [9.17, 15) is 4.39 Å². The van der Waals surface area contributed by atoms with Gasteiger partial charge in [-0.3, -0.25) is 0 Å². The van der Waals surface area contributed by atoms with Crippen LogP contribution in [0.3, 0.4) is 0 Å². The first-order valence-corrected chi connectivity index (χ1v) is 5.65. The molecule has 2 nitrogen and oxygen atoms in total. The third-order valence-electron chi connectivity index (χ3n) is 2.34. The minimum atomic E-state index is -0.280. The van der Waals surface area contributed by atoms with Crippen molar-refractivity contribution in [1.29, 1.82) is 0 Å². The fourth-order valence-electron chi connectivity index (χ4n) is 1.49. The number of halogens is 1. The molecule has 0 saturated heterocycles. The molecule has 1 aromatic rings. The van der Waals surface area contributed by atoms with E-state index in [0.29, 0.717) is 25.1 Å². The molecule has 1 rings (SSSR count). The molecule has 16 heavy (non-hydrogen) atoms. The Balaban J connectivity index is 2.65. The van der Waals surface area contributed by atoms with Crippen molar-refractivity contribution in [3.05, 3.63) is 29.6 Å². The van der Waals surface area contributed by atoms with Gasteiger partial charge in [0.05, 0.1) is 0 Å². The van der Waals surface area contributed by atoms with Gasteiger partial charge in [0.15, 0.2) is 6.29 Å². The summed E-state index contributed by atoms with van der Waals surface area (Å²) in [5, 5.41) is 0. The summed E-state index contributed by atoms with van der Waals surface area (Å²) in [4.78, 5) is 0. The average Bonchev–Trinajstić information content (AvgIpc) is 2.24. The van der Waals surface area contributed by atoms with E-state index < -0.39 is 0 Å². The third kappa shape index (κ3) is 3.95. The van der Waals surface area contributed by atoms with Crippen LogP contribution in [0.15, 0.2) is 18.2 Å². The summed E-state index contributed by atoms with van der Waals surface area (Å²) in [6.07, 6.45) is 0.302. The van der Waals surface area contributed by atoms with Crippen molar-refractivity contribution in [3.8, 4) is 0 Å². The molecule has 0 amide bonds. The summed E-state index contributed by atoms with van der Waals surface area (Å²) < 4.78 is 24.1. The first-order valence-electron chi connectivity index (χ1n) is 5.65. The van der Waals surface area contributed by atoms with Crippen molar-refractivity contribution in [2.24, 2.45) is 0 Å². The lowest BCUT2D eigenvalue weighted by molar-refractivity contribution is -0.134. The van der Waals surface area contributed by atoms with E-state index in [2.05, 4.69) is 0 Å². The van der Waals surface area contributed by atoms with Gasteiger partial charge in [-0.05, 0) is 25.5 Å². The maximum Gasteiger partial charge on any atom is 0.161 e. The van der Waals surface area contributed by atoms with Crippen LogP contribution >= 0.6 is 0 Å². The first-order chi connectivity index (χ1) is 7.67. The molecule has 0 N–H and O–H groups in total. The van der Waals surface area contributed by atoms with Crippen molar-refractivity contribution in [1.82, 2.24) is 0 Å². The highest BCUT2D eigenvalue weighted by Crippen LogP contribution is 2.08. The summed E-state index contributed by atoms with van der Waals surface area (Å²) in [5.74, 6) is -0.177. The van der Waals surface area contributed by atoms with Crippen molar-refractivity contribution >= 4 is 13.3 Å². The van der Waals surface area contributed by atoms with E-state index in [1.807, 2.05) is 19.9 Å². The topological polar surface area (TPSA) is 18.5 Å². The average molecular weight is 224 g/mol. The molecule has 0 fully saturated rings. The molecule has 0 heterocycles. The monoisotopic (exact) mass is 224 g/mol. The van der Waals surface area contributed by atoms with Gasteiger partial charge in [0, 0.05) is 19.6 Å². The predicted molar refractivity (Wildman–Crippen MR) is 65.3 cm³/mol. The molecule has 0 aliphatic carbocycles. The van der Waals surface area contributed by atoms with Gasteiger partial charge in [-0.25, -0.2) is 4.39 Å². The molecule has 4 heteroatoms. The van der Waals surface area contributed by atoms with Gasteiger partial charge in [0.1, 0.15) is 13.7 Å². The molecular weight excluding hydrogens is 206 g/mol. The quantitative estimate of drug-likeness (QED) is 0.530. The number of ether oxygens (including phenoxy) is 2. The Labute approximate surface area is 97.2 Å². The van der Waals surface area contributed by atoms with E-state index in [-0.39, 0.29) is 12.1 Å². The molecule has 88 valence electrons. The molecule has 0 atom stereocenters. The maximum absolute atomic E-state index is 13.3. The lowest BCUT2D eigenvalue weighted by atomic mass is 9.94. The minimum absolute atomic E-state index is 0.177. The van der Waals surface area contributed by atoms with Gasteiger partial charge < -0.3 is 9.47 Å². The largest absolute Gasteiger partial charge is 0.353 e. The molecule has 0 radical (unpaired) electrons. The number of benzene rings is 1. The second-order valence-electron chi connectivity index (χ2n) is 3.63. The number of hydrogen-bond acceptors (Lipinski definition) is 2. The van der Waals surface area contributed by atoms with Crippen LogP contribution in [0.1, 0.15) is 19.4 Å². The zero-order valence-electron chi connectivity index (χ0n) is 10.1. The molecule has 0 unspecified atom stereocenters. The molecular formula is C12H18BFO2. The molecule has 0 saturated carbocycles. The van der Waals surface area contributed by atoms with Gasteiger partial charge in [-0.1, -0.05) is 17.6 Å². The van der Waals surface area contributed by atoms with Crippen molar-refractivity contribution in [2.45, 2.75) is 26.6 Å². The Kier molecular flexibility index (Phi) is 5.50. The van der Waals surface area contributed by atoms with Gasteiger partial charge in [-0.15, -0.1) is 0 Å². The second kappa shape index (κ2) is 6.66. The van der Waals surface area contributed by atoms with Crippen LogP contribution in [0.5, 0.6) is 0 Å². The zero-order valence-corrected chi connectivity index (χ0v) is 10.1. The Morgan fingerprint density at radius 1 is 1.25 bits per heavy atom. The summed E-state index contributed by atoms with van der Waals surface area (Å²) in [6.45, 7) is 5.03. The van der Waals surface area contributed by atoms with E-state index in [0.717, 1.165) is 5.56 Å². The van der Waals surface area contributed by atoms with E-state index in [4.69, 9.17) is 9.47 Å². The zero-order chi connectivity index (χ0) is 12.0. The third-order valence-corrected chi connectivity index (χ3v) is 2.34. The van der Waals surface area contributed by atoms with Crippen LogP contribution in [-0.4, -0.2) is 27.4 Å². The first kappa shape index (κ1) is 13.2. The fraction of sp³-hybridized carbons (Fsp3) is 0.500. The summed E-state index contributed by atoms with van der Waals surface area (Å²) >= 11 is 0. The van der Waals surface area contributed by atoms with E-state index >= 15 is 0 Å². The summed E-state index contributed by atoms with van der Waals surface area (Å²) in [7, 11) is 1.75. The summed E-state index contributed by atoms with van der Waals surface area (Å²) in [6, 6.07) is 5.23. The summed E-state index contributed by atoms with van der Waals surface area (Å²) in [5.41, 5.74) is 1.56. The SMILES string of the molecule is Bc1ccc(CC(OCC)OCC)cc1F. The van der Waals surface area contributed by atoms with Gasteiger partial charge >= 0.3 is 0 Å². The molecule has 0 bridgehead atoms. The predicted octanol–water partition coefficient (Wildman–Crippen LogP) is 1.03. The van der Waals surface area contributed by atoms with Gasteiger partial charge in [0.25, 0.3) is 0 Å². The Hall–Kier alpha value is -0.865. The highest BCUT2D eigenvalue weighted by Gasteiger charge is 2.10. The van der Waals surface area contributed by atoms with Crippen molar-refractivity contribution in [3.63, 3.8) is 0 Å². The lowest BCUT2D eigenvalue weighted by Gasteiger charge is -2.17. The van der Waals surface area contributed by atoms with Crippen molar-refractivity contribution in [2.75, 3.05) is 13.2 Å². The smallest absolute Gasteiger partial charge is 0.161 e. The van der Waals surface area contributed by atoms with E-state index in [1.54, 1.807) is 20.0 Å².